The molecule has 3 aromatic rings. The number of piperazine rings is 1. The zero-order valence-electron chi connectivity index (χ0n) is 34.4. The third kappa shape index (κ3) is 10.2. The number of rotatable bonds is 21. The maximum absolute atomic E-state index is 13.1. The van der Waals surface area contributed by atoms with E-state index in [0.717, 1.165) is 93.0 Å². The lowest BCUT2D eigenvalue weighted by Crippen LogP contribution is -2.51. The van der Waals surface area contributed by atoms with Gasteiger partial charge in [-0.05, 0) is 80.5 Å². The average Bonchev–Trinajstić information content (AvgIpc) is 3.92. The number of hydrogen-bond donors (Lipinski definition) is 4. The monoisotopic (exact) mass is 815 g/mol. The van der Waals surface area contributed by atoms with Crippen LogP contribution in [0.25, 0.3) is 0 Å². The lowest BCUT2D eigenvalue weighted by Gasteiger charge is -2.34. The number of ketones is 1. The van der Waals surface area contributed by atoms with Gasteiger partial charge in [-0.25, -0.2) is 4.98 Å². The van der Waals surface area contributed by atoms with Crippen LogP contribution in [0.4, 0.5) is 11.5 Å². The Bertz CT molecular complexity index is 2100. The van der Waals surface area contributed by atoms with E-state index in [1.807, 2.05) is 18.5 Å². The molecule has 4 aliphatic heterocycles. The normalized spacial score (nSPS) is 19.7. The number of nitrogens with one attached hydrogen (secondary N) is 3. The zero-order valence-corrected chi connectivity index (χ0v) is 34.4. The molecule has 3 atom stereocenters. The molecule has 2 aromatic carbocycles. The number of phenolic OH excluding ortho intramolecular Hbond substituents is 1. The smallest absolute Gasteiger partial charge is 0.262 e. The molecule has 0 spiro atoms. The summed E-state index contributed by atoms with van der Waals surface area (Å²) in [4.78, 5) is 73.9. The summed E-state index contributed by atoms with van der Waals surface area (Å²) in [5, 5.41) is 19.1. The number of amides is 4. The fraction of sp³-hybridized carbons (Fsp3) is 0.447. The van der Waals surface area contributed by atoms with Gasteiger partial charge in [0, 0.05) is 74.5 Å². The molecule has 13 heteroatoms. The second kappa shape index (κ2) is 19.8. The SMILES string of the molecule is C=C1CCC(N2C(=O)c3ccc(NCCCCCCCCCCCC(=O)NCCc4ccc(N5C[C@@H]6C[C@H]5CN6/C=C/C(=O)c5ccccc5O)nc4)cc3C2=O)C(=O)N1. The molecule has 7 rings (SSSR count). The van der Waals surface area contributed by atoms with E-state index >= 15 is 0 Å². The van der Waals surface area contributed by atoms with Crippen molar-refractivity contribution in [3.05, 3.63) is 108 Å². The lowest BCUT2D eigenvalue weighted by atomic mass is 10.0. The molecule has 0 saturated carbocycles. The zero-order chi connectivity index (χ0) is 42.0. The van der Waals surface area contributed by atoms with Crippen LogP contribution >= 0.6 is 0 Å². The van der Waals surface area contributed by atoms with Crippen LogP contribution in [0.5, 0.6) is 5.75 Å². The fourth-order valence-corrected chi connectivity index (χ4v) is 8.81. The predicted octanol–water partition coefficient (Wildman–Crippen LogP) is 6.51. The minimum atomic E-state index is -0.807. The predicted molar refractivity (Wildman–Crippen MR) is 231 cm³/mol. The number of nitrogens with zero attached hydrogens (tertiary/aromatic N) is 4. The standard InChI is InChI=1S/C47H57N7O6/c1-32-16-20-40(45(58)51-32)54-46(59)37-19-18-34(27-39(37)47(54)60)48-24-12-8-6-4-2-3-5-7-9-15-44(57)49-25-22-33-17-21-43(50-29-33)53-31-35-28-36(53)30-52(35)26-23-42(56)38-13-10-11-14-41(38)55/h10-11,13-14,17-19,21,23,26-27,29,35-36,40,48,55H,1-9,12,15-16,20,22,24-25,28,30-31H2,(H,49,57)(H,51,58)/b26-23+/t35-,36-,40?/m0/s1. The van der Waals surface area contributed by atoms with E-state index in [2.05, 4.69) is 44.5 Å². The molecule has 60 heavy (non-hydrogen) atoms. The second-order valence-electron chi connectivity index (χ2n) is 16.5. The summed E-state index contributed by atoms with van der Waals surface area (Å²) in [7, 11) is 0. The lowest BCUT2D eigenvalue weighted by molar-refractivity contribution is -0.125. The summed E-state index contributed by atoms with van der Waals surface area (Å²) in [5.74, 6) is -0.350. The van der Waals surface area contributed by atoms with Gasteiger partial charge in [0.05, 0.1) is 16.7 Å². The number of fused-ring (bicyclic) bond motifs is 3. The summed E-state index contributed by atoms with van der Waals surface area (Å²) < 4.78 is 0. The van der Waals surface area contributed by atoms with E-state index < -0.39 is 17.9 Å². The van der Waals surface area contributed by atoms with E-state index in [0.29, 0.717) is 60.3 Å². The highest BCUT2D eigenvalue weighted by Crippen LogP contribution is 2.34. The van der Waals surface area contributed by atoms with Crippen molar-refractivity contribution in [2.45, 2.75) is 108 Å². The van der Waals surface area contributed by atoms with Crippen LogP contribution in [0.1, 0.15) is 120 Å². The Morgan fingerprint density at radius 1 is 0.867 bits per heavy atom. The first-order chi connectivity index (χ1) is 29.2. The third-order valence-corrected chi connectivity index (χ3v) is 12.2. The molecular formula is C47H57N7O6. The Morgan fingerprint density at radius 2 is 1.62 bits per heavy atom. The number of piperidine rings is 1. The summed E-state index contributed by atoms with van der Waals surface area (Å²) in [6.45, 7) is 6.81. The molecule has 3 fully saturated rings. The highest BCUT2D eigenvalue weighted by molar-refractivity contribution is 6.23. The van der Waals surface area contributed by atoms with Crippen molar-refractivity contribution in [2.75, 3.05) is 36.4 Å². The van der Waals surface area contributed by atoms with Gasteiger partial charge in [-0.1, -0.05) is 69.7 Å². The van der Waals surface area contributed by atoms with Gasteiger partial charge in [-0.3, -0.25) is 28.9 Å². The van der Waals surface area contributed by atoms with E-state index in [9.17, 15) is 29.1 Å². The van der Waals surface area contributed by atoms with Crippen molar-refractivity contribution in [2.24, 2.45) is 0 Å². The first-order valence-corrected chi connectivity index (χ1v) is 21.7. The highest BCUT2D eigenvalue weighted by Gasteiger charge is 2.44. The van der Waals surface area contributed by atoms with Crippen molar-refractivity contribution in [3.8, 4) is 5.75 Å². The Balaban J connectivity index is 0.683. The van der Waals surface area contributed by atoms with Gasteiger partial charge in [0.15, 0.2) is 5.78 Å². The van der Waals surface area contributed by atoms with Gasteiger partial charge in [0.2, 0.25) is 11.8 Å². The number of anilines is 2. The number of imide groups is 1. The van der Waals surface area contributed by atoms with E-state index in [1.165, 1.54) is 25.3 Å². The average molecular weight is 816 g/mol. The highest BCUT2D eigenvalue weighted by atomic mass is 16.3. The van der Waals surface area contributed by atoms with E-state index in [-0.39, 0.29) is 23.3 Å². The van der Waals surface area contributed by atoms with Gasteiger partial charge < -0.3 is 30.9 Å². The second-order valence-corrected chi connectivity index (χ2v) is 16.5. The number of unbranched alkanes of at least 4 members (excludes halogenated alkanes) is 8. The van der Waals surface area contributed by atoms with Crippen LogP contribution in [0, 0.1) is 0 Å². The number of aromatic hydroxyl groups is 1. The molecule has 4 aliphatic rings. The number of benzene rings is 2. The number of carbonyl (C=O) groups excluding carboxylic acids is 5. The molecule has 0 aliphatic carbocycles. The molecule has 4 amide bonds. The largest absolute Gasteiger partial charge is 0.507 e. The molecule has 0 radical (unpaired) electrons. The number of likely N-dealkylation sites (tertiary alicyclic amines) is 1. The summed E-state index contributed by atoms with van der Waals surface area (Å²) in [6, 6.07) is 15.8. The minimum absolute atomic E-state index is 0.00414. The Morgan fingerprint density at radius 3 is 2.33 bits per heavy atom. The summed E-state index contributed by atoms with van der Waals surface area (Å²) >= 11 is 0. The molecule has 2 bridgehead atoms. The molecule has 316 valence electrons. The van der Waals surface area contributed by atoms with Crippen LogP contribution in [0.2, 0.25) is 0 Å². The van der Waals surface area contributed by atoms with Crippen molar-refractivity contribution < 1.29 is 29.1 Å². The first kappa shape index (κ1) is 42.2. The van der Waals surface area contributed by atoms with Crippen LogP contribution in [0.3, 0.4) is 0 Å². The summed E-state index contributed by atoms with van der Waals surface area (Å²) in [5.41, 5.74) is 3.48. The topological polar surface area (TPSA) is 164 Å². The first-order valence-electron chi connectivity index (χ1n) is 21.7. The number of aromatic nitrogens is 1. The van der Waals surface area contributed by atoms with Gasteiger partial charge in [-0.2, -0.15) is 0 Å². The maximum atomic E-state index is 13.1. The quantitative estimate of drug-likeness (QED) is 0.0404. The number of pyridine rings is 1. The Kier molecular flexibility index (Phi) is 13.9. The molecular weight excluding hydrogens is 759 g/mol. The fourth-order valence-electron chi connectivity index (χ4n) is 8.81. The van der Waals surface area contributed by atoms with Crippen molar-refractivity contribution in [3.63, 3.8) is 0 Å². The number of hydrogen-bond acceptors (Lipinski definition) is 10. The Labute approximate surface area is 352 Å². The van der Waals surface area contributed by atoms with Crippen LogP contribution < -0.4 is 20.9 Å². The maximum Gasteiger partial charge on any atom is 0.262 e. The van der Waals surface area contributed by atoms with Crippen LogP contribution in [0.15, 0.2) is 85.3 Å². The molecule has 5 heterocycles. The summed E-state index contributed by atoms with van der Waals surface area (Å²) in [6.07, 6.45) is 18.5. The molecule has 1 unspecified atom stereocenters. The molecule has 4 N–H and O–H groups in total. The third-order valence-electron chi connectivity index (χ3n) is 12.2. The van der Waals surface area contributed by atoms with E-state index in [4.69, 9.17) is 4.98 Å². The van der Waals surface area contributed by atoms with Gasteiger partial charge in [0.25, 0.3) is 11.8 Å². The number of allylic oxidation sites excluding steroid dienone is 2. The van der Waals surface area contributed by atoms with Crippen LogP contribution in [-0.2, 0) is 16.0 Å². The van der Waals surface area contributed by atoms with E-state index in [1.54, 1.807) is 36.4 Å². The van der Waals surface area contributed by atoms with Gasteiger partial charge >= 0.3 is 0 Å². The molecule has 1 aromatic heterocycles. The van der Waals surface area contributed by atoms with Crippen LogP contribution in [-0.4, -0.2) is 93.6 Å². The molecule has 3 saturated heterocycles. The minimum Gasteiger partial charge on any atom is -0.507 e. The number of para-hydroxylation sites is 1. The van der Waals surface area contributed by atoms with Crippen molar-refractivity contribution >= 4 is 40.9 Å². The van der Waals surface area contributed by atoms with Gasteiger partial charge in [-0.15, -0.1) is 0 Å². The number of carbonyl (C=O) groups is 5. The Hall–Kier alpha value is -5.98. The van der Waals surface area contributed by atoms with Gasteiger partial charge in [0.1, 0.15) is 17.6 Å². The van der Waals surface area contributed by atoms with Crippen molar-refractivity contribution in [1.29, 1.82) is 0 Å². The number of phenols is 1. The molecule has 13 nitrogen and oxygen atoms in total. The van der Waals surface area contributed by atoms with Crippen molar-refractivity contribution in [1.82, 2.24) is 25.4 Å².